The molecule has 2 fully saturated rings. The van der Waals surface area contributed by atoms with Crippen molar-refractivity contribution < 1.29 is 9.53 Å². The van der Waals surface area contributed by atoms with Gasteiger partial charge in [0.2, 0.25) is 0 Å². The van der Waals surface area contributed by atoms with Crippen LogP contribution < -0.4 is 9.64 Å². The van der Waals surface area contributed by atoms with Crippen molar-refractivity contribution in [2.45, 2.75) is 51.0 Å². The molecule has 0 spiro atoms. The van der Waals surface area contributed by atoms with Gasteiger partial charge in [-0.2, -0.15) is 5.10 Å². The number of amides is 1. The summed E-state index contributed by atoms with van der Waals surface area (Å²) >= 11 is 0. The summed E-state index contributed by atoms with van der Waals surface area (Å²) in [6.45, 7) is 0.0751. The van der Waals surface area contributed by atoms with Crippen LogP contribution in [0.1, 0.15) is 43.2 Å². The number of benzene rings is 1. The lowest BCUT2D eigenvalue weighted by molar-refractivity contribution is -0.121. The van der Waals surface area contributed by atoms with Crippen LogP contribution >= 0.6 is 0 Å². The highest BCUT2D eigenvalue weighted by molar-refractivity contribution is 5.94. The Morgan fingerprint density at radius 2 is 2.12 bits per heavy atom. The molecule has 136 valence electrons. The SMILES string of the molecule is O=C(COc1ccc2c(c1)CCC2)N(c1ccn[nH]1)C1CC2CCC1C2. The van der Waals surface area contributed by atoms with Crippen LogP contribution in [-0.2, 0) is 17.6 Å². The zero-order chi connectivity index (χ0) is 17.5. The number of rotatable bonds is 5. The summed E-state index contributed by atoms with van der Waals surface area (Å²) in [4.78, 5) is 15.0. The molecule has 5 heteroatoms. The van der Waals surface area contributed by atoms with E-state index in [-0.39, 0.29) is 18.6 Å². The average Bonchev–Trinajstić information content (AvgIpc) is 3.44. The minimum absolute atomic E-state index is 0.0206. The lowest BCUT2D eigenvalue weighted by atomic mass is 9.94. The second kappa shape index (κ2) is 6.45. The van der Waals surface area contributed by atoms with Gasteiger partial charge in [0.05, 0.1) is 6.20 Å². The number of nitrogens with zero attached hydrogens (tertiary/aromatic N) is 2. The standard InChI is InChI=1S/C21H25N3O2/c25-21(13-26-18-7-6-15-2-1-3-16(15)12-18)24(20-8-9-22-23-20)19-11-14-4-5-17(19)10-14/h6-9,12,14,17,19H,1-5,10-11,13H2,(H,22,23). The lowest BCUT2D eigenvalue weighted by Gasteiger charge is -2.33. The second-order valence-electron chi connectivity index (χ2n) is 8.02. The van der Waals surface area contributed by atoms with Gasteiger partial charge in [0, 0.05) is 12.1 Å². The summed E-state index contributed by atoms with van der Waals surface area (Å²) in [6.07, 6.45) is 10.1. The maximum absolute atomic E-state index is 13.1. The first-order valence-corrected chi connectivity index (χ1v) is 9.84. The summed E-state index contributed by atoms with van der Waals surface area (Å²) in [5, 5.41) is 7.04. The van der Waals surface area contributed by atoms with Crippen molar-refractivity contribution in [3.05, 3.63) is 41.6 Å². The van der Waals surface area contributed by atoms with Crippen LogP contribution in [0.4, 0.5) is 5.82 Å². The Kier molecular flexibility index (Phi) is 3.95. The van der Waals surface area contributed by atoms with Crippen molar-refractivity contribution in [1.29, 1.82) is 0 Å². The molecule has 0 aliphatic heterocycles. The maximum Gasteiger partial charge on any atom is 0.266 e. The molecule has 3 aliphatic rings. The van der Waals surface area contributed by atoms with Crippen molar-refractivity contribution >= 4 is 11.7 Å². The van der Waals surface area contributed by atoms with E-state index < -0.39 is 0 Å². The van der Waals surface area contributed by atoms with Crippen LogP contribution in [0, 0.1) is 11.8 Å². The highest BCUT2D eigenvalue weighted by atomic mass is 16.5. The molecule has 5 rings (SSSR count). The van der Waals surface area contributed by atoms with Crippen molar-refractivity contribution in [1.82, 2.24) is 10.2 Å². The van der Waals surface area contributed by atoms with E-state index in [0.29, 0.717) is 5.92 Å². The molecule has 0 radical (unpaired) electrons. The molecule has 1 aromatic heterocycles. The minimum atomic E-state index is 0.0206. The number of aryl methyl sites for hydroxylation is 2. The third-order valence-electron chi connectivity index (χ3n) is 6.48. The van der Waals surface area contributed by atoms with Crippen molar-refractivity contribution in [3.8, 4) is 5.75 Å². The zero-order valence-corrected chi connectivity index (χ0v) is 15.0. The fraction of sp³-hybridized carbons (Fsp3) is 0.524. The van der Waals surface area contributed by atoms with E-state index in [2.05, 4.69) is 22.3 Å². The number of hydrogen-bond acceptors (Lipinski definition) is 3. The lowest BCUT2D eigenvalue weighted by Crippen LogP contribution is -2.46. The molecular weight excluding hydrogens is 326 g/mol. The van der Waals surface area contributed by atoms with Crippen LogP contribution in [0.5, 0.6) is 5.75 Å². The van der Waals surface area contributed by atoms with Crippen LogP contribution in [-0.4, -0.2) is 28.8 Å². The molecule has 1 N–H and O–H groups in total. The summed E-state index contributed by atoms with van der Waals surface area (Å²) < 4.78 is 5.89. The largest absolute Gasteiger partial charge is 0.484 e. The van der Waals surface area contributed by atoms with Gasteiger partial charge in [-0.3, -0.25) is 14.8 Å². The number of nitrogens with one attached hydrogen (secondary N) is 1. The molecular formula is C21H25N3O2. The molecule has 2 aromatic rings. The van der Waals surface area contributed by atoms with Gasteiger partial charge in [0.1, 0.15) is 11.6 Å². The second-order valence-corrected chi connectivity index (χ2v) is 8.02. The average molecular weight is 351 g/mol. The molecule has 26 heavy (non-hydrogen) atoms. The smallest absolute Gasteiger partial charge is 0.266 e. The number of H-pyrrole nitrogens is 1. The molecule has 3 atom stereocenters. The summed E-state index contributed by atoms with van der Waals surface area (Å²) in [7, 11) is 0. The normalized spacial score (nSPS) is 26.1. The van der Waals surface area contributed by atoms with Gasteiger partial charge in [-0.1, -0.05) is 12.5 Å². The molecule has 1 amide bonds. The fourth-order valence-electron chi connectivity index (χ4n) is 5.26. The Labute approximate surface area is 153 Å². The Morgan fingerprint density at radius 1 is 1.19 bits per heavy atom. The first-order valence-electron chi connectivity index (χ1n) is 9.84. The van der Waals surface area contributed by atoms with E-state index in [1.807, 2.05) is 17.0 Å². The number of aromatic amines is 1. The van der Waals surface area contributed by atoms with Gasteiger partial charge in [0.25, 0.3) is 5.91 Å². The molecule has 2 saturated carbocycles. The number of ether oxygens (including phenoxy) is 1. The highest BCUT2D eigenvalue weighted by Gasteiger charge is 2.44. The van der Waals surface area contributed by atoms with E-state index in [1.54, 1.807) is 6.20 Å². The molecule has 2 bridgehead atoms. The third kappa shape index (κ3) is 2.79. The van der Waals surface area contributed by atoms with Crippen molar-refractivity contribution in [2.75, 3.05) is 11.5 Å². The Balaban J connectivity index is 1.31. The van der Waals surface area contributed by atoms with Gasteiger partial charge in [0.15, 0.2) is 6.61 Å². The number of anilines is 1. The number of aromatic nitrogens is 2. The summed E-state index contributed by atoms with van der Waals surface area (Å²) in [5.74, 6) is 3.02. The fourth-order valence-corrected chi connectivity index (χ4v) is 5.26. The van der Waals surface area contributed by atoms with E-state index >= 15 is 0 Å². The van der Waals surface area contributed by atoms with E-state index in [1.165, 1.54) is 36.8 Å². The summed E-state index contributed by atoms with van der Waals surface area (Å²) in [6, 6.07) is 8.41. The van der Waals surface area contributed by atoms with Crippen LogP contribution in [0.2, 0.25) is 0 Å². The van der Waals surface area contributed by atoms with Crippen molar-refractivity contribution in [2.24, 2.45) is 11.8 Å². The highest BCUT2D eigenvalue weighted by Crippen LogP contribution is 2.47. The molecule has 5 nitrogen and oxygen atoms in total. The first-order chi connectivity index (χ1) is 12.8. The minimum Gasteiger partial charge on any atom is -0.484 e. The van der Waals surface area contributed by atoms with Gasteiger partial charge < -0.3 is 4.74 Å². The monoisotopic (exact) mass is 351 g/mol. The first kappa shape index (κ1) is 15.9. The van der Waals surface area contributed by atoms with Gasteiger partial charge >= 0.3 is 0 Å². The van der Waals surface area contributed by atoms with Crippen molar-refractivity contribution in [3.63, 3.8) is 0 Å². The zero-order valence-electron chi connectivity index (χ0n) is 15.0. The molecule has 1 aromatic carbocycles. The predicted octanol–water partition coefficient (Wildman–Crippen LogP) is 3.50. The van der Waals surface area contributed by atoms with E-state index in [0.717, 1.165) is 36.7 Å². The van der Waals surface area contributed by atoms with Gasteiger partial charge in [-0.05, 0) is 73.6 Å². The molecule has 0 saturated heterocycles. The van der Waals surface area contributed by atoms with Gasteiger partial charge in [-0.25, -0.2) is 0 Å². The number of hydrogen-bond donors (Lipinski definition) is 1. The third-order valence-corrected chi connectivity index (χ3v) is 6.48. The number of carbonyl (C=O) groups is 1. The Hall–Kier alpha value is -2.30. The number of fused-ring (bicyclic) bond motifs is 3. The summed E-state index contributed by atoms with van der Waals surface area (Å²) in [5.41, 5.74) is 2.79. The maximum atomic E-state index is 13.1. The van der Waals surface area contributed by atoms with E-state index in [4.69, 9.17) is 4.74 Å². The van der Waals surface area contributed by atoms with Gasteiger partial charge in [-0.15, -0.1) is 0 Å². The Morgan fingerprint density at radius 3 is 2.88 bits per heavy atom. The Bertz CT molecular complexity index is 802. The van der Waals surface area contributed by atoms with Crippen LogP contribution in [0.25, 0.3) is 0 Å². The molecule has 3 unspecified atom stereocenters. The molecule has 3 aliphatic carbocycles. The van der Waals surface area contributed by atoms with E-state index in [9.17, 15) is 4.79 Å². The number of carbonyl (C=O) groups excluding carboxylic acids is 1. The van der Waals surface area contributed by atoms with Crippen LogP contribution in [0.3, 0.4) is 0 Å². The molecule has 1 heterocycles. The topological polar surface area (TPSA) is 58.2 Å². The van der Waals surface area contributed by atoms with Crippen LogP contribution in [0.15, 0.2) is 30.5 Å². The quantitative estimate of drug-likeness (QED) is 0.897. The predicted molar refractivity (Wildman–Crippen MR) is 99.3 cm³/mol.